The first-order chi connectivity index (χ1) is 11.4. The Morgan fingerprint density at radius 2 is 2.00 bits per heavy atom. The average Bonchev–Trinajstić information content (AvgIpc) is 2.55. The summed E-state index contributed by atoms with van der Waals surface area (Å²) in [5, 5.41) is 6.34. The van der Waals surface area contributed by atoms with Gasteiger partial charge in [-0.3, -0.25) is 9.59 Å². The Hall–Kier alpha value is -2.24. The third-order valence-electron chi connectivity index (χ3n) is 3.77. The van der Waals surface area contributed by atoms with Crippen molar-refractivity contribution in [2.75, 3.05) is 5.32 Å². The monoisotopic (exact) mass is 364 g/mol. The van der Waals surface area contributed by atoms with Gasteiger partial charge in [-0.05, 0) is 36.8 Å². The molecule has 0 radical (unpaired) electrons. The smallest absolute Gasteiger partial charge is 0.278 e. The highest BCUT2D eigenvalue weighted by Crippen LogP contribution is 2.35. The van der Waals surface area contributed by atoms with E-state index in [4.69, 9.17) is 27.9 Å². The molecule has 0 fully saturated rings. The number of anilines is 1. The Bertz CT molecular complexity index is 825. The van der Waals surface area contributed by atoms with Crippen LogP contribution in [0.25, 0.3) is 0 Å². The number of fused-ring (bicyclic) bond motifs is 1. The van der Waals surface area contributed by atoms with E-state index in [1.54, 1.807) is 36.4 Å². The van der Waals surface area contributed by atoms with Crippen molar-refractivity contribution in [3.8, 4) is 5.75 Å². The van der Waals surface area contributed by atoms with Crippen LogP contribution in [0.1, 0.15) is 12.5 Å². The summed E-state index contributed by atoms with van der Waals surface area (Å²) in [4.78, 5) is 24.9. The molecule has 24 heavy (non-hydrogen) atoms. The molecule has 0 aliphatic carbocycles. The molecule has 1 atom stereocenters. The van der Waals surface area contributed by atoms with Crippen molar-refractivity contribution in [3.05, 3.63) is 58.1 Å². The molecule has 1 unspecified atom stereocenters. The highest BCUT2D eigenvalue weighted by atomic mass is 35.5. The van der Waals surface area contributed by atoms with Crippen LogP contribution in [-0.2, 0) is 16.1 Å². The highest BCUT2D eigenvalue weighted by molar-refractivity contribution is 6.31. The minimum atomic E-state index is -1.68. The van der Waals surface area contributed by atoms with Crippen molar-refractivity contribution in [2.24, 2.45) is 0 Å². The van der Waals surface area contributed by atoms with E-state index in [1.807, 2.05) is 6.07 Å². The molecule has 0 bridgehead atoms. The first-order valence-corrected chi connectivity index (χ1v) is 7.97. The summed E-state index contributed by atoms with van der Waals surface area (Å²) < 4.78 is 5.65. The lowest BCUT2D eigenvalue weighted by molar-refractivity contribution is -0.146. The minimum Gasteiger partial charge on any atom is -0.466 e. The van der Waals surface area contributed by atoms with Gasteiger partial charge in [0.25, 0.3) is 17.4 Å². The first kappa shape index (κ1) is 16.6. The van der Waals surface area contributed by atoms with Gasteiger partial charge in [0, 0.05) is 16.6 Å². The van der Waals surface area contributed by atoms with Gasteiger partial charge in [-0.2, -0.15) is 0 Å². The molecule has 0 saturated carbocycles. The van der Waals surface area contributed by atoms with E-state index in [2.05, 4.69) is 10.6 Å². The number of carbonyl (C=O) groups is 2. The number of hydrogen-bond acceptors (Lipinski definition) is 3. The van der Waals surface area contributed by atoms with E-state index in [1.165, 1.54) is 6.92 Å². The van der Waals surface area contributed by atoms with Gasteiger partial charge in [0.2, 0.25) is 0 Å². The van der Waals surface area contributed by atoms with Crippen molar-refractivity contribution in [1.82, 2.24) is 5.32 Å². The summed E-state index contributed by atoms with van der Waals surface area (Å²) in [6, 6.07) is 11.9. The molecule has 2 aromatic carbocycles. The molecule has 7 heteroatoms. The number of hydrogen-bond donors (Lipinski definition) is 2. The number of amides is 2. The Morgan fingerprint density at radius 1 is 1.25 bits per heavy atom. The fourth-order valence-electron chi connectivity index (χ4n) is 2.33. The van der Waals surface area contributed by atoms with E-state index in [-0.39, 0.29) is 6.54 Å². The van der Waals surface area contributed by atoms with Crippen LogP contribution < -0.4 is 15.4 Å². The van der Waals surface area contributed by atoms with Crippen molar-refractivity contribution >= 4 is 40.7 Å². The van der Waals surface area contributed by atoms with Crippen molar-refractivity contribution in [1.29, 1.82) is 0 Å². The van der Waals surface area contributed by atoms with Crippen LogP contribution >= 0.6 is 23.2 Å². The zero-order valence-corrected chi connectivity index (χ0v) is 14.2. The maximum Gasteiger partial charge on any atom is 0.278 e. The van der Waals surface area contributed by atoms with Crippen LogP contribution in [0.3, 0.4) is 0 Å². The third-order valence-corrected chi connectivity index (χ3v) is 4.37. The minimum absolute atomic E-state index is 0.193. The fraction of sp³-hybridized carbons (Fsp3) is 0.176. The molecule has 2 aromatic rings. The average molecular weight is 365 g/mol. The van der Waals surface area contributed by atoms with Gasteiger partial charge >= 0.3 is 0 Å². The maximum atomic E-state index is 12.5. The van der Waals surface area contributed by atoms with E-state index in [0.29, 0.717) is 21.5 Å². The summed E-state index contributed by atoms with van der Waals surface area (Å²) in [5.74, 6) is -0.733. The highest BCUT2D eigenvalue weighted by Gasteiger charge is 2.47. The number of halogens is 2. The van der Waals surface area contributed by atoms with Crippen LogP contribution in [0.2, 0.25) is 10.0 Å². The molecular formula is C17H14Cl2N2O3. The molecule has 124 valence electrons. The largest absolute Gasteiger partial charge is 0.466 e. The first-order valence-electron chi connectivity index (χ1n) is 7.22. The quantitative estimate of drug-likeness (QED) is 0.820. The van der Waals surface area contributed by atoms with Gasteiger partial charge in [0.1, 0.15) is 5.75 Å². The van der Waals surface area contributed by atoms with Crippen LogP contribution in [0, 0.1) is 0 Å². The van der Waals surface area contributed by atoms with E-state index >= 15 is 0 Å². The van der Waals surface area contributed by atoms with Crippen LogP contribution in [0.15, 0.2) is 42.5 Å². The lowest BCUT2D eigenvalue weighted by atomic mass is 10.0. The summed E-state index contributed by atoms with van der Waals surface area (Å²) in [7, 11) is 0. The predicted molar refractivity (Wildman–Crippen MR) is 92.4 cm³/mol. The molecule has 1 aliphatic heterocycles. The molecule has 0 spiro atoms. The van der Waals surface area contributed by atoms with Gasteiger partial charge in [-0.15, -0.1) is 0 Å². The Balaban J connectivity index is 1.77. The number of carbonyl (C=O) groups excluding carboxylic acids is 2. The van der Waals surface area contributed by atoms with Crippen LogP contribution in [0.4, 0.5) is 5.69 Å². The van der Waals surface area contributed by atoms with Crippen LogP contribution in [0.5, 0.6) is 5.75 Å². The Kier molecular flexibility index (Phi) is 4.39. The molecule has 1 aliphatic rings. The molecule has 0 aromatic heterocycles. The van der Waals surface area contributed by atoms with Gasteiger partial charge in [0.15, 0.2) is 0 Å². The Labute approximate surface area is 148 Å². The molecule has 0 saturated heterocycles. The van der Waals surface area contributed by atoms with E-state index in [9.17, 15) is 9.59 Å². The number of benzene rings is 2. The SMILES string of the molecule is CC1(C(=O)NCc2ccccc2Cl)Oc2ccc(Cl)cc2NC1=O. The number of rotatable bonds is 3. The standard InChI is InChI=1S/C17H14Cl2N2O3/c1-17(15(22)20-9-10-4-2-3-5-12(10)19)16(23)21-13-8-11(18)6-7-14(13)24-17/h2-8H,9H2,1H3,(H,20,22)(H,21,23). The van der Waals surface area contributed by atoms with Gasteiger partial charge in [-0.25, -0.2) is 0 Å². The molecule has 2 amide bonds. The zero-order chi connectivity index (χ0) is 17.3. The predicted octanol–water partition coefficient (Wildman–Crippen LogP) is 3.40. The molecule has 3 rings (SSSR count). The van der Waals surface area contributed by atoms with Gasteiger partial charge in [0.05, 0.1) is 5.69 Å². The summed E-state index contributed by atoms with van der Waals surface area (Å²) in [5.41, 5.74) is -0.495. The molecule has 1 heterocycles. The number of nitrogens with one attached hydrogen (secondary N) is 2. The third kappa shape index (κ3) is 3.05. The van der Waals surface area contributed by atoms with Crippen LogP contribution in [-0.4, -0.2) is 17.4 Å². The Morgan fingerprint density at radius 3 is 2.75 bits per heavy atom. The summed E-state index contributed by atoms with van der Waals surface area (Å²) in [6.45, 7) is 1.61. The van der Waals surface area contributed by atoms with Crippen molar-refractivity contribution in [2.45, 2.75) is 19.1 Å². The fourth-order valence-corrected chi connectivity index (χ4v) is 2.71. The van der Waals surface area contributed by atoms with Crippen molar-refractivity contribution < 1.29 is 14.3 Å². The van der Waals surface area contributed by atoms with E-state index in [0.717, 1.165) is 5.56 Å². The lowest BCUT2D eigenvalue weighted by Gasteiger charge is -2.33. The molecule has 2 N–H and O–H groups in total. The molecule has 5 nitrogen and oxygen atoms in total. The summed E-state index contributed by atoms with van der Waals surface area (Å²) >= 11 is 12.0. The zero-order valence-electron chi connectivity index (χ0n) is 12.7. The second-order valence-corrected chi connectivity index (χ2v) is 6.35. The van der Waals surface area contributed by atoms with Gasteiger partial charge < -0.3 is 15.4 Å². The summed E-state index contributed by atoms with van der Waals surface area (Å²) in [6.07, 6.45) is 0. The lowest BCUT2D eigenvalue weighted by Crippen LogP contribution is -2.58. The van der Waals surface area contributed by atoms with Crippen molar-refractivity contribution in [3.63, 3.8) is 0 Å². The maximum absolute atomic E-state index is 12.5. The molecular weight excluding hydrogens is 351 g/mol. The second kappa shape index (κ2) is 6.34. The normalized spacial score (nSPS) is 19.0. The van der Waals surface area contributed by atoms with Gasteiger partial charge in [-0.1, -0.05) is 41.4 Å². The number of ether oxygens (including phenoxy) is 1. The second-order valence-electron chi connectivity index (χ2n) is 5.50. The topological polar surface area (TPSA) is 67.4 Å². The van der Waals surface area contributed by atoms with E-state index < -0.39 is 17.4 Å².